The molecule has 3 heterocycles. The van der Waals surface area contributed by atoms with Crippen LogP contribution in [0.3, 0.4) is 0 Å². The number of carbonyl (C=O) groups is 1. The largest absolute Gasteiger partial charge is 0.306 e. The third-order valence-electron chi connectivity index (χ3n) is 4.37. The molecule has 1 atom stereocenters. The van der Waals surface area contributed by atoms with Crippen molar-refractivity contribution in [1.29, 1.82) is 0 Å². The fourth-order valence-corrected chi connectivity index (χ4v) is 3.36. The average Bonchev–Trinajstić information content (AvgIpc) is 2.74. The molecule has 0 aromatic carbocycles. The van der Waals surface area contributed by atoms with Crippen LogP contribution in [-0.2, 0) is 4.79 Å². The quantitative estimate of drug-likeness (QED) is 0.438. The van der Waals surface area contributed by atoms with Crippen LogP contribution in [0.1, 0.15) is 28.8 Å². The second-order valence-electron chi connectivity index (χ2n) is 6.01. The molecule has 0 saturated carbocycles. The van der Waals surface area contributed by atoms with Gasteiger partial charge in [0.15, 0.2) is 0 Å². The van der Waals surface area contributed by atoms with Gasteiger partial charge in [-0.05, 0) is 41.5 Å². The minimum atomic E-state index is -0.518. The number of pyridine rings is 3. The van der Waals surface area contributed by atoms with Crippen molar-refractivity contribution in [3.05, 3.63) is 115 Å². The number of amides is 1. The maximum Gasteiger partial charge on any atom is 0.250 e. The summed E-state index contributed by atoms with van der Waals surface area (Å²) in [6.07, 6.45) is 9.69. The summed E-state index contributed by atoms with van der Waals surface area (Å²) in [6, 6.07) is 12.4. The van der Waals surface area contributed by atoms with Crippen LogP contribution >= 0.6 is 11.6 Å². The molecule has 0 aliphatic carbocycles. The number of aromatic nitrogens is 3. The van der Waals surface area contributed by atoms with Crippen molar-refractivity contribution < 1.29 is 4.79 Å². The van der Waals surface area contributed by atoms with E-state index in [1.54, 1.807) is 36.9 Å². The Morgan fingerprint density at radius 1 is 1.00 bits per heavy atom. The predicted octanol–water partition coefficient (Wildman–Crippen LogP) is 4.56. The van der Waals surface area contributed by atoms with Crippen LogP contribution in [0, 0.1) is 0 Å². The van der Waals surface area contributed by atoms with Gasteiger partial charge in [0.05, 0.1) is 11.7 Å². The van der Waals surface area contributed by atoms with Gasteiger partial charge >= 0.3 is 0 Å². The zero-order valence-electron chi connectivity index (χ0n) is 15.1. The zero-order valence-corrected chi connectivity index (χ0v) is 15.9. The minimum Gasteiger partial charge on any atom is -0.306 e. The first kappa shape index (κ1) is 19.5. The van der Waals surface area contributed by atoms with Crippen molar-refractivity contribution in [2.45, 2.75) is 12.0 Å². The summed E-state index contributed by atoms with van der Waals surface area (Å²) in [5, 5.41) is 0.341. The van der Waals surface area contributed by atoms with E-state index < -0.39 is 6.04 Å². The Hall–Kier alpha value is -3.31. The van der Waals surface area contributed by atoms with Gasteiger partial charge in [-0.2, -0.15) is 0 Å². The maximum absolute atomic E-state index is 12.7. The lowest BCUT2D eigenvalue weighted by Crippen LogP contribution is -2.34. The topological polar surface area (TPSA) is 59.0 Å². The van der Waals surface area contributed by atoms with Gasteiger partial charge in [0, 0.05) is 36.9 Å². The fourth-order valence-electron chi connectivity index (χ4n) is 3.19. The van der Waals surface area contributed by atoms with E-state index in [0.717, 1.165) is 11.1 Å². The van der Waals surface area contributed by atoms with E-state index in [1.165, 1.54) is 17.2 Å². The molecule has 3 aromatic heterocycles. The SMILES string of the molecule is C=CC(=O)N(C=C)C(c1cccc(Cl)n1)C(c1cccnc1)c1cccnc1. The van der Waals surface area contributed by atoms with Gasteiger partial charge in [-0.3, -0.25) is 14.8 Å². The molecule has 5 nitrogen and oxygen atoms in total. The van der Waals surface area contributed by atoms with Gasteiger partial charge in [-0.15, -0.1) is 0 Å². The molecule has 0 fully saturated rings. The second kappa shape index (κ2) is 9.06. The van der Waals surface area contributed by atoms with E-state index in [9.17, 15) is 4.79 Å². The Morgan fingerprint density at radius 2 is 1.64 bits per heavy atom. The summed E-state index contributed by atoms with van der Waals surface area (Å²) in [5.74, 6) is -0.588. The summed E-state index contributed by atoms with van der Waals surface area (Å²) < 4.78 is 0. The van der Waals surface area contributed by atoms with Crippen molar-refractivity contribution in [2.24, 2.45) is 0 Å². The smallest absolute Gasteiger partial charge is 0.250 e. The number of hydrogen-bond donors (Lipinski definition) is 0. The summed E-state index contributed by atoms with van der Waals surface area (Å²) in [4.78, 5) is 27.2. The third-order valence-corrected chi connectivity index (χ3v) is 4.58. The molecule has 0 spiro atoms. The molecule has 140 valence electrons. The Balaban J connectivity index is 2.26. The molecule has 1 unspecified atom stereocenters. The van der Waals surface area contributed by atoms with Crippen LogP contribution in [0.4, 0.5) is 0 Å². The van der Waals surface area contributed by atoms with Crippen LogP contribution in [0.15, 0.2) is 92.7 Å². The van der Waals surface area contributed by atoms with Gasteiger partial charge in [0.25, 0.3) is 5.91 Å². The van der Waals surface area contributed by atoms with Crippen molar-refractivity contribution >= 4 is 17.5 Å². The molecule has 0 radical (unpaired) electrons. The molecule has 0 saturated heterocycles. The number of halogens is 1. The van der Waals surface area contributed by atoms with Gasteiger partial charge in [0.2, 0.25) is 0 Å². The Morgan fingerprint density at radius 3 is 2.11 bits per heavy atom. The van der Waals surface area contributed by atoms with Crippen molar-refractivity contribution in [3.63, 3.8) is 0 Å². The lowest BCUT2D eigenvalue weighted by molar-refractivity contribution is -0.125. The van der Waals surface area contributed by atoms with Gasteiger partial charge < -0.3 is 4.90 Å². The number of hydrogen-bond acceptors (Lipinski definition) is 4. The Kier molecular flexibility index (Phi) is 6.29. The molecule has 6 heteroatoms. The molecule has 0 N–H and O–H groups in total. The average molecular weight is 391 g/mol. The zero-order chi connectivity index (χ0) is 19.9. The first-order valence-corrected chi connectivity index (χ1v) is 9.03. The highest BCUT2D eigenvalue weighted by atomic mass is 35.5. The van der Waals surface area contributed by atoms with Crippen LogP contribution in [-0.4, -0.2) is 25.8 Å². The number of carbonyl (C=O) groups excluding carboxylic acids is 1. The van der Waals surface area contributed by atoms with E-state index in [0.29, 0.717) is 10.8 Å². The lowest BCUT2D eigenvalue weighted by atomic mass is 9.84. The molecule has 0 aliphatic heterocycles. The molecule has 1 amide bonds. The first-order valence-electron chi connectivity index (χ1n) is 8.65. The van der Waals surface area contributed by atoms with Crippen LogP contribution < -0.4 is 0 Å². The highest BCUT2D eigenvalue weighted by Gasteiger charge is 2.34. The molecule has 28 heavy (non-hydrogen) atoms. The third kappa shape index (κ3) is 4.15. The van der Waals surface area contributed by atoms with Gasteiger partial charge in [-0.25, -0.2) is 4.98 Å². The number of rotatable bonds is 7. The van der Waals surface area contributed by atoms with Gasteiger partial charge in [-0.1, -0.05) is 43.0 Å². The van der Waals surface area contributed by atoms with E-state index in [1.807, 2.05) is 30.3 Å². The Bertz CT molecular complexity index is 923. The summed E-state index contributed by atoms with van der Waals surface area (Å²) in [5.41, 5.74) is 2.44. The standard InChI is InChI=1S/C22H19ClN4O/c1-3-20(28)27(4-2)22(18-10-5-11-19(23)26-18)21(16-8-6-12-24-14-16)17-9-7-13-25-15-17/h3-15,21-22H,1-2H2. The monoisotopic (exact) mass is 390 g/mol. The summed E-state index contributed by atoms with van der Waals surface area (Å²) in [6.45, 7) is 7.45. The molecular weight excluding hydrogens is 372 g/mol. The van der Waals surface area contributed by atoms with E-state index in [-0.39, 0.29) is 11.8 Å². The van der Waals surface area contributed by atoms with Crippen molar-refractivity contribution in [2.75, 3.05) is 0 Å². The normalized spacial score (nSPS) is 11.6. The fraction of sp³-hybridized carbons (Fsp3) is 0.0909. The van der Waals surface area contributed by atoms with Crippen LogP contribution in [0.25, 0.3) is 0 Å². The van der Waals surface area contributed by atoms with Crippen LogP contribution in [0.2, 0.25) is 5.15 Å². The Labute approximate surface area is 169 Å². The summed E-state index contributed by atoms with van der Waals surface area (Å²) >= 11 is 6.16. The van der Waals surface area contributed by atoms with E-state index in [4.69, 9.17) is 11.6 Å². The highest BCUT2D eigenvalue weighted by Crippen LogP contribution is 2.40. The molecule has 3 aromatic rings. The lowest BCUT2D eigenvalue weighted by Gasteiger charge is -2.34. The summed E-state index contributed by atoms with van der Waals surface area (Å²) in [7, 11) is 0. The van der Waals surface area contributed by atoms with Crippen molar-refractivity contribution in [3.8, 4) is 0 Å². The first-order chi connectivity index (χ1) is 13.7. The van der Waals surface area contributed by atoms with Crippen molar-refractivity contribution in [1.82, 2.24) is 19.9 Å². The minimum absolute atomic E-state index is 0.292. The molecular formula is C22H19ClN4O. The predicted molar refractivity (Wildman–Crippen MR) is 110 cm³/mol. The van der Waals surface area contributed by atoms with Crippen LogP contribution in [0.5, 0.6) is 0 Å². The van der Waals surface area contributed by atoms with E-state index in [2.05, 4.69) is 28.1 Å². The second-order valence-corrected chi connectivity index (χ2v) is 6.40. The van der Waals surface area contributed by atoms with E-state index >= 15 is 0 Å². The molecule has 0 aliphatic rings. The number of nitrogens with zero attached hydrogens (tertiary/aromatic N) is 4. The molecule has 0 bridgehead atoms. The highest BCUT2D eigenvalue weighted by molar-refractivity contribution is 6.29. The maximum atomic E-state index is 12.7. The van der Waals surface area contributed by atoms with Gasteiger partial charge in [0.1, 0.15) is 5.15 Å². The molecule has 3 rings (SSSR count).